The first kappa shape index (κ1) is 14.7. The Bertz CT molecular complexity index is 243. The number of urea groups is 1. The van der Waals surface area contributed by atoms with E-state index in [9.17, 15) is 9.59 Å². The maximum Gasteiger partial charge on any atom is 0.326 e. The van der Waals surface area contributed by atoms with Gasteiger partial charge in [0.2, 0.25) is 0 Å². The summed E-state index contributed by atoms with van der Waals surface area (Å²) in [4.78, 5) is 23.5. The Balaban J connectivity index is 4.08. The lowest BCUT2D eigenvalue weighted by molar-refractivity contribution is -0.139. The molecule has 0 bridgehead atoms. The van der Waals surface area contributed by atoms with Gasteiger partial charge in [-0.3, -0.25) is 0 Å². The molecule has 94 valence electrons. The number of nitrogens with one attached hydrogen (secondary N) is 1. The van der Waals surface area contributed by atoms with E-state index >= 15 is 0 Å². The van der Waals surface area contributed by atoms with E-state index in [1.54, 1.807) is 20.9 Å². The molecule has 6 heteroatoms. The lowest BCUT2D eigenvalue weighted by atomic mass is 10.2. The Morgan fingerprint density at radius 1 is 1.44 bits per heavy atom. The lowest BCUT2D eigenvalue weighted by Gasteiger charge is -2.21. The molecule has 2 amide bonds. The molecule has 0 aliphatic carbocycles. The van der Waals surface area contributed by atoms with Crippen LogP contribution in [0.15, 0.2) is 0 Å². The van der Waals surface area contributed by atoms with Crippen molar-refractivity contribution in [2.24, 2.45) is 0 Å². The number of carboxylic acid groups (broad SMARTS) is 1. The second-order valence-electron chi connectivity index (χ2n) is 3.81. The van der Waals surface area contributed by atoms with E-state index in [0.29, 0.717) is 19.4 Å². The molecule has 0 radical (unpaired) electrons. The first-order valence-electron chi connectivity index (χ1n) is 5.31. The number of aliphatic hydroxyl groups is 1. The fraction of sp³-hybridized carbons (Fsp3) is 0.800. The fourth-order valence-corrected chi connectivity index (χ4v) is 1.08. The van der Waals surface area contributed by atoms with Gasteiger partial charge in [-0.1, -0.05) is 6.92 Å². The smallest absolute Gasteiger partial charge is 0.326 e. The summed E-state index contributed by atoms with van der Waals surface area (Å²) < 4.78 is 0. The van der Waals surface area contributed by atoms with Crippen molar-refractivity contribution in [3.63, 3.8) is 0 Å². The van der Waals surface area contributed by atoms with Gasteiger partial charge in [0, 0.05) is 13.6 Å². The van der Waals surface area contributed by atoms with Gasteiger partial charge in [-0.2, -0.15) is 0 Å². The minimum atomic E-state index is -1.04. The van der Waals surface area contributed by atoms with Gasteiger partial charge < -0.3 is 20.4 Å². The van der Waals surface area contributed by atoms with Crippen LogP contribution in [-0.4, -0.2) is 52.9 Å². The molecule has 16 heavy (non-hydrogen) atoms. The van der Waals surface area contributed by atoms with Crippen molar-refractivity contribution in [3.8, 4) is 0 Å². The number of nitrogens with zero attached hydrogens (tertiary/aromatic N) is 1. The molecule has 0 rings (SSSR count). The highest BCUT2D eigenvalue weighted by Gasteiger charge is 2.19. The van der Waals surface area contributed by atoms with E-state index in [1.807, 2.05) is 0 Å². The SMILES string of the molecule is CCC(NC(=O)N(C)CCC(C)O)C(=O)O. The summed E-state index contributed by atoms with van der Waals surface area (Å²) in [5.74, 6) is -1.04. The number of carbonyl (C=O) groups excluding carboxylic acids is 1. The van der Waals surface area contributed by atoms with Crippen LogP contribution in [0.1, 0.15) is 26.7 Å². The normalized spacial score (nSPS) is 14.0. The molecule has 6 nitrogen and oxygen atoms in total. The highest BCUT2D eigenvalue weighted by molar-refractivity contribution is 5.82. The van der Waals surface area contributed by atoms with Crippen molar-refractivity contribution in [2.75, 3.05) is 13.6 Å². The number of carbonyl (C=O) groups is 2. The zero-order valence-corrected chi connectivity index (χ0v) is 9.93. The molecule has 0 fully saturated rings. The molecule has 3 N–H and O–H groups in total. The molecule has 0 aromatic heterocycles. The van der Waals surface area contributed by atoms with Crippen LogP contribution in [0.5, 0.6) is 0 Å². The summed E-state index contributed by atoms with van der Waals surface area (Å²) in [6.07, 6.45) is 0.329. The van der Waals surface area contributed by atoms with Crippen LogP contribution in [0, 0.1) is 0 Å². The summed E-state index contributed by atoms with van der Waals surface area (Å²) in [6, 6.07) is -1.29. The fourth-order valence-electron chi connectivity index (χ4n) is 1.08. The zero-order valence-electron chi connectivity index (χ0n) is 9.93. The Labute approximate surface area is 95.2 Å². The van der Waals surface area contributed by atoms with Crippen LogP contribution >= 0.6 is 0 Å². The Morgan fingerprint density at radius 2 is 2.00 bits per heavy atom. The topological polar surface area (TPSA) is 89.9 Å². The maximum atomic E-state index is 11.5. The van der Waals surface area contributed by atoms with Crippen molar-refractivity contribution in [1.29, 1.82) is 0 Å². The van der Waals surface area contributed by atoms with Crippen LogP contribution < -0.4 is 5.32 Å². The average molecular weight is 232 g/mol. The molecule has 2 unspecified atom stereocenters. The minimum Gasteiger partial charge on any atom is -0.480 e. The number of rotatable bonds is 6. The van der Waals surface area contributed by atoms with Crippen LogP contribution in [0.25, 0.3) is 0 Å². The molecular formula is C10H20N2O4. The van der Waals surface area contributed by atoms with Gasteiger partial charge >= 0.3 is 12.0 Å². The summed E-state index contributed by atoms with van der Waals surface area (Å²) in [5.41, 5.74) is 0. The average Bonchev–Trinajstić information content (AvgIpc) is 2.21. The number of hydrogen-bond donors (Lipinski definition) is 3. The van der Waals surface area contributed by atoms with Crippen LogP contribution in [0.2, 0.25) is 0 Å². The molecule has 0 aliphatic heterocycles. The van der Waals surface area contributed by atoms with E-state index in [4.69, 9.17) is 10.2 Å². The number of hydrogen-bond acceptors (Lipinski definition) is 3. The van der Waals surface area contributed by atoms with Gasteiger partial charge in [0.15, 0.2) is 0 Å². The Morgan fingerprint density at radius 3 is 2.38 bits per heavy atom. The van der Waals surface area contributed by atoms with Gasteiger partial charge in [0.25, 0.3) is 0 Å². The molecular weight excluding hydrogens is 212 g/mol. The predicted molar refractivity (Wildman–Crippen MR) is 59.2 cm³/mol. The van der Waals surface area contributed by atoms with E-state index in [1.165, 1.54) is 4.90 Å². The van der Waals surface area contributed by atoms with Gasteiger partial charge in [-0.15, -0.1) is 0 Å². The van der Waals surface area contributed by atoms with Crippen LogP contribution in [0.3, 0.4) is 0 Å². The molecule has 0 aliphatic rings. The van der Waals surface area contributed by atoms with E-state index in [2.05, 4.69) is 5.32 Å². The van der Waals surface area contributed by atoms with Crippen molar-refractivity contribution in [1.82, 2.24) is 10.2 Å². The molecule has 0 saturated heterocycles. The second kappa shape index (κ2) is 7.05. The van der Waals surface area contributed by atoms with Crippen molar-refractivity contribution >= 4 is 12.0 Å². The number of carboxylic acids is 1. The maximum absolute atomic E-state index is 11.5. The van der Waals surface area contributed by atoms with E-state index in [-0.39, 0.29) is 0 Å². The first-order valence-corrected chi connectivity index (χ1v) is 5.31. The van der Waals surface area contributed by atoms with Gasteiger partial charge in [0.05, 0.1) is 6.10 Å². The highest BCUT2D eigenvalue weighted by Crippen LogP contribution is 1.96. The molecule has 0 saturated carbocycles. The number of aliphatic carboxylic acids is 1. The summed E-state index contributed by atoms with van der Waals surface area (Å²) in [5, 5.41) is 20.2. The summed E-state index contributed by atoms with van der Waals surface area (Å²) >= 11 is 0. The third-order valence-electron chi connectivity index (χ3n) is 2.23. The number of aliphatic hydroxyl groups excluding tert-OH is 1. The molecule has 0 spiro atoms. The zero-order chi connectivity index (χ0) is 12.7. The van der Waals surface area contributed by atoms with Crippen LogP contribution in [0.4, 0.5) is 4.79 Å². The predicted octanol–water partition coefficient (Wildman–Crippen LogP) is 0.262. The third-order valence-corrected chi connectivity index (χ3v) is 2.23. The number of amides is 2. The van der Waals surface area contributed by atoms with E-state index < -0.39 is 24.1 Å². The monoisotopic (exact) mass is 232 g/mol. The van der Waals surface area contributed by atoms with Gasteiger partial charge in [-0.05, 0) is 19.8 Å². The van der Waals surface area contributed by atoms with Crippen molar-refractivity contribution < 1.29 is 19.8 Å². The largest absolute Gasteiger partial charge is 0.480 e. The minimum absolute atomic E-state index is 0.339. The van der Waals surface area contributed by atoms with Crippen LogP contribution in [-0.2, 0) is 4.79 Å². The standard InChI is InChI=1S/C10H20N2O4/c1-4-8(9(14)15)11-10(16)12(3)6-5-7(2)13/h7-8,13H,4-6H2,1-3H3,(H,11,16)(H,14,15). The third kappa shape index (κ3) is 5.55. The summed E-state index contributed by atoms with van der Waals surface area (Å²) in [6.45, 7) is 3.71. The summed E-state index contributed by atoms with van der Waals surface area (Å²) in [7, 11) is 1.56. The molecule has 0 aromatic carbocycles. The molecule has 2 atom stereocenters. The van der Waals surface area contributed by atoms with E-state index in [0.717, 1.165) is 0 Å². The quantitative estimate of drug-likeness (QED) is 0.613. The lowest BCUT2D eigenvalue weighted by Crippen LogP contribution is -2.46. The highest BCUT2D eigenvalue weighted by atomic mass is 16.4. The van der Waals surface area contributed by atoms with Gasteiger partial charge in [0.1, 0.15) is 6.04 Å². The van der Waals surface area contributed by atoms with Crippen molar-refractivity contribution in [2.45, 2.75) is 38.8 Å². The Kier molecular flexibility index (Phi) is 6.48. The first-order chi connectivity index (χ1) is 7.38. The van der Waals surface area contributed by atoms with Crippen molar-refractivity contribution in [3.05, 3.63) is 0 Å². The van der Waals surface area contributed by atoms with Gasteiger partial charge in [-0.25, -0.2) is 9.59 Å². The molecule has 0 aromatic rings. The second-order valence-corrected chi connectivity index (χ2v) is 3.81. The Hall–Kier alpha value is -1.30. The molecule has 0 heterocycles.